The number of aromatic nitrogens is 2. The predicted octanol–water partition coefficient (Wildman–Crippen LogP) is 5.50. The Morgan fingerprint density at radius 2 is 1.83 bits per heavy atom. The summed E-state index contributed by atoms with van der Waals surface area (Å²) in [5.74, 6) is -0.171. The van der Waals surface area contributed by atoms with Gasteiger partial charge in [-0.05, 0) is 30.3 Å². The first kappa shape index (κ1) is 21.2. The lowest BCUT2D eigenvalue weighted by Crippen LogP contribution is -2.23. The van der Waals surface area contributed by atoms with E-state index in [1.54, 1.807) is 38.5 Å². The Balaban J connectivity index is 2.11. The van der Waals surface area contributed by atoms with Crippen LogP contribution in [0.3, 0.4) is 0 Å². The lowest BCUT2D eigenvalue weighted by molar-refractivity contribution is -0.137. The van der Waals surface area contributed by atoms with Crippen LogP contribution in [0.1, 0.15) is 11.1 Å². The lowest BCUT2D eigenvalue weighted by Gasteiger charge is -2.10. The van der Waals surface area contributed by atoms with Gasteiger partial charge < -0.3 is 4.90 Å². The minimum absolute atomic E-state index is 0.0293. The van der Waals surface area contributed by atoms with Crippen LogP contribution in [0.4, 0.5) is 13.2 Å². The topological polar surface area (TPSA) is 38.1 Å². The van der Waals surface area contributed by atoms with Gasteiger partial charge in [0.25, 0.3) is 0 Å². The van der Waals surface area contributed by atoms with Crippen LogP contribution in [0.15, 0.2) is 48.7 Å². The number of rotatable bonds is 4. The highest BCUT2D eigenvalue weighted by atomic mass is 35.5. The Labute approximate surface area is 175 Å². The van der Waals surface area contributed by atoms with E-state index < -0.39 is 11.7 Å². The highest BCUT2D eigenvalue weighted by Gasteiger charge is 2.30. The number of hydrogen-bond acceptors (Lipinski definition) is 2. The maximum absolute atomic E-state index is 13.1. The molecule has 9 heteroatoms. The number of hydrogen-bond donors (Lipinski definition) is 0. The predicted molar refractivity (Wildman–Crippen MR) is 106 cm³/mol. The van der Waals surface area contributed by atoms with E-state index in [9.17, 15) is 18.0 Å². The first-order valence-electron chi connectivity index (χ1n) is 8.48. The van der Waals surface area contributed by atoms with Crippen LogP contribution in [0.2, 0.25) is 10.0 Å². The monoisotopic (exact) mass is 441 g/mol. The molecule has 0 N–H and O–H groups in total. The van der Waals surface area contributed by atoms with E-state index in [1.807, 2.05) is 0 Å². The molecular formula is C20H16Cl2F3N3O. The molecule has 0 atom stereocenters. The Hall–Kier alpha value is -2.51. The fraction of sp³-hybridized carbons (Fsp3) is 0.200. The molecule has 3 aromatic rings. The van der Waals surface area contributed by atoms with Crippen LogP contribution in [0.5, 0.6) is 0 Å². The van der Waals surface area contributed by atoms with Gasteiger partial charge in [0, 0.05) is 31.4 Å². The molecule has 0 unspecified atom stereocenters. The second-order valence-corrected chi connectivity index (χ2v) is 7.40. The zero-order chi connectivity index (χ0) is 21.3. The Kier molecular flexibility index (Phi) is 5.91. The van der Waals surface area contributed by atoms with Gasteiger partial charge in [-0.2, -0.15) is 18.3 Å². The number of alkyl halides is 3. The summed E-state index contributed by atoms with van der Waals surface area (Å²) in [5.41, 5.74) is 1.04. The van der Waals surface area contributed by atoms with Crippen molar-refractivity contribution in [3.05, 3.63) is 69.8 Å². The summed E-state index contributed by atoms with van der Waals surface area (Å²) in [6, 6.07) is 9.71. The van der Waals surface area contributed by atoms with Crippen molar-refractivity contribution < 1.29 is 18.0 Å². The molecule has 0 aliphatic heterocycles. The number of benzene rings is 2. The molecule has 0 bridgehead atoms. The molecule has 1 amide bonds. The van der Waals surface area contributed by atoms with Gasteiger partial charge in [-0.15, -0.1) is 0 Å². The Morgan fingerprint density at radius 3 is 2.45 bits per heavy atom. The molecule has 29 heavy (non-hydrogen) atoms. The third kappa shape index (κ3) is 4.74. The number of carbonyl (C=O) groups is 1. The summed E-state index contributed by atoms with van der Waals surface area (Å²) in [7, 11) is 3.25. The van der Waals surface area contributed by atoms with E-state index in [1.165, 1.54) is 21.7 Å². The first-order chi connectivity index (χ1) is 13.6. The van der Waals surface area contributed by atoms with Crippen molar-refractivity contribution in [2.75, 3.05) is 14.1 Å². The van der Waals surface area contributed by atoms with Crippen LogP contribution >= 0.6 is 23.2 Å². The van der Waals surface area contributed by atoms with Crippen molar-refractivity contribution in [2.24, 2.45) is 0 Å². The molecule has 0 spiro atoms. The van der Waals surface area contributed by atoms with Gasteiger partial charge in [-0.1, -0.05) is 35.3 Å². The van der Waals surface area contributed by atoms with Gasteiger partial charge in [0.2, 0.25) is 5.91 Å². The zero-order valence-electron chi connectivity index (χ0n) is 15.5. The van der Waals surface area contributed by atoms with Crippen LogP contribution < -0.4 is 0 Å². The molecule has 0 radical (unpaired) electrons. The van der Waals surface area contributed by atoms with Gasteiger partial charge in [0.1, 0.15) is 0 Å². The van der Waals surface area contributed by atoms with Crippen molar-refractivity contribution in [2.45, 2.75) is 12.6 Å². The summed E-state index contributed by atoms with van der Waals surface area (Å²) < 4.78 is 40.5. The average molecular weight is 442 g/mol. The molecule has 0 aliphatic carbocycles. The number of likely N-dealkylation sites (N-methyl/N-ethyl adjacent to an activating group) is 1. The summed E-state index contributed by atoms with van der Waals surface area (Å²) in [6.07, 6.45) is -2.89. The summed E-state index contributed by atoms with van der Waals surface area (Å²) in [5, 5.41) is 5.10. The second kappa shape index (κ2) is 8.08. The van der Waals surface area contributed by atoms with Gasteiger partial charge >= 0.3 is 6.18 Å². The molecule has 0 saturated heterocycles. The fourth-order valence-corrected chi connectivity index (χ4v) is 3.00. The molecule has 1 heterocycles. The normalized spacial score (nSPS) is 11.6. The number of carbonyl (C=O) groups excluding carboxylic acids is 1. The number of nitrogens with zero attached hydrogens (tertiary/aromatic N) is 3. The smallest absolute Gasteiger partial charge is 0.349 e. The maximum Gasteiger partial charge on any atom is 0.416 e. The maximum atomic E-state index is 13.1. The van der Waals surface area contributed by atoms with Crippen molar-refractivity contribution in [1.82, 2.24) is 14.7 Å². The van der Waals surface area contributed by atoms with Crippen LogP contribution in [-0.2, 0) is 17.4 Å². The van der Waals surface area contributed by atoms with Gasteiger partial charge in [0.05, 0.1) is 33.4 Å². The molecule has 0 aliphatic rings. The SMILES string of the molecule is CN(C)C(=O)Cc1cn(-c2cccc(C(F)(F)F)c2)nc1-c1ccc(Cl)c(Cl)c1. The molecule has 2 aromatic carbocycles. The highest BCUT2D eigenvalue weighted by Crippen LogP contribution is 2.32. The molecule has 152 valence electrons. The third-order valence-corrected chi connectivity index (χ3v) is 5.00. The molecule has 3 rings (SSSR count). The molecule has 0 saturated carbocycles. The van der Waals surface area contributed by atoms with Gasteiger partial charge in [-0.3, -0.25) is 4.79 Å². The number of halogens is 5. The Bertz CT molecular complexity index is 1060. The third-order valence-electron chi connectivity index (χ3n) is 4.26. The van der Waals surface area contributed by atoms with Crippen molar-refractivity contribution in [3.63, 3.8) is 0 Å². The van der Waals surface area contributed by atoms with Crippen molar-refractivity contribution in [3.8, 4) is 16.9 Å². The van der Waals surface area contributed by atoms with E-state index in [0.29, 0.717) is 26.9 Å². The molecule has 4 nitrogen and oxygen atoms in total. The zero-order valence-corrected chi connectivity index (χ0v) is 17.0. The van der Waals surface area contributed by atoms with Crippen LogP contribution in [-0.4, -0.2) is 34.7 Å². The summed E-state index contributed by atoms with van der Waals surface area (Å²) in [4.78, 5) is 13.7. The Morgan fingerprint density at radius 1 is 1.10 bits per heavy atom. The fourth-order valence-electron chi connectivity index (χ4n) is 2.70. The quantitative estimate of drug-likeness (QED) is 0.536. The average Bonchev–Trinajstić information content (AvgIpc) is 3.07. The first-order valence-corrected chi connectivity index (χ1v) is 9.23. The molecule has 0 fully saturated rings. The highest BCUT2D eigenvalue weighted by molar-refractivity contribution is 6.42. The van der Waals surface area contributed by atoms with Crippen LogP contribution in [0.25, 0.3) is 16.9 Å². The minimum Gasteiger partial charge on any atom is -0.349 e. The van der Waals surface area contributed by atoms with Gasteiger partial charge in [0.15, 0.2) is 0 Å². The van der Waals surface area contributed by atoms with Gasteiger partial charge in [-0.25, -0.2) is 4.68 Å². The minimum atomic E-state index is -4.47. The standard InChI is InChI=1S/C20H16Cl2F3N3O/c1-27(2)18(29)9-13-11-28(15-5-3-4-14(10-15)20(23,24)25)26-19(13)12-6-7-16(21)17(22)8-12/h3-8,10-11H,9H2,1-2H3. The largest absolute Gasteiger partial charge is 0.416 e. The second-order valence-electron chi connectivity index (χ2n) is 6.59. The van der Waals surface area contributed by atoms with E-state index in [-0.39, 0.29) is 18.0 Å². The van der Waals surface area contributed by atoms with Crippen molar-refractivity contribution in [1.29, 1.82) is 0 Å². The van der Waals surface area contributed by atoms with E-state index in [0.717, 1.165) is 12.1 Å². The van der Waals surface area contributed by atoms with Crippen LogP contribution in [0, 0.1) is 0 Å². The number of amides is 1. The molecular weight excluding hydrogens is 426 g/mol. The summed E-state index contributed by atoms with van der Waals surface area (Å²) >= 11 is 12.1. The van der Waals surface area contributed by atoms with E-state index >= 15 is 0 Å². The van der Waals surface area contributed by atoms with E-state index in [2.05, 4.69) is 5.10 Å². The van der Waals surface area contributed by atoms with E-state index in [4.69, 9.17) is 23.2 Å². The summed E-state index contributed by atoms with van der Waals surface area (Å²) in [6.45, 7) is 0. The lowest BCUT2D eigenvalue weighted by atomic mass is 10.1. The van der Waals surface area contributed by atoms with Crippen molar-refractivity contribution >= 4 is 29.1 Å². The molecule has 1 aromatic heterocycles.